The molecule has 2 aliphatic heterocycles. The summed E-state index contributed by atoms with van der Waals surface area (Å²) >= 11 is 1.84. The third-order valence-corrected chi connectivity index (χ3v) is 7.04. The number of carbonyl (C=O) groups is 4. The molecule has 0 aromatic heterocycles. The van der Waals surface area contributed by atoms with Gasteiger partial charge in [-0.15, -0.1) is 0 Å². The van der Waals surface area contributed by atoms with E-state index in [4.69, 9.17) is 4.74 Å². The maximum absolute atomic E-state index is 14.8. The first-order valence-electron chi connectivity index (χ1n) is 12.1. The molecular weight excluding hydrogens is 499 g/mol. The molecule has 2 aromatic carbocycles. The van der Waals surface area contributed by atoms with Gasteiger partial charge in [0.05, 0.1) is 24.5 Å². The predicted molar refractivity (Wildman–Crippen MR) is 141 cm³/mol. The molecule has 2 fully saturated rings. The number of carbonyl (C=O) groups excluding carboxylic acids is 4. The Balaban J connectivity index is 1.23. The van der Waals surface area contributed by atoms with Crippen LogP contribution < -0.4 is 20.4 Å². The summed E-state index contributed by atoms with van der Waals surface area (Å²) in [6, 6.07) is 11.2. The first-order chi connectivity index (χ1) is 17.8. The Morgan fingerprint density at radius 1 is 1.08 bits per heavy atom. The number of Topliss-reactive ketones (excluding diaryl/α,β-unsaturated/α-hetero) is 1. The van der Waals surface area contributed by atoms with Gasteiger partial charge in [0.2, 0.25) is 11.8 Å². The molecule has 0 aliphatic carbocycles. The van der Waals surface area contributed by atoms with Crippen LogP contribution in [0.4, 0.5) is 26.2 Å². The van der Waals surface area contributed by atoms with Crippen molar-refractivity contribution in [1.82, 2.24) is 5.32 Å². The summed E-state index contributed by atoms with van der Waals surface area (Å²) in [7, 11) is 0. The summed E-state index contributed by atoms with van der Waals surface area (Å²) in [4.78, 5) is 51.4. The Labute approximate surface area is 218 Å². The second-order valence-corrected chi connectivity index (χ2v) is 10.1. The molecule has 0 spiro atoms. The number of anilines is 3. The fraction of sp³-hybridized carbons (Fsp3) is 0.385. The highest BCUT2D eigenvalue weighted by Crippen LogP contribution is 2.29. The molecule has 2 saturated heterocycles. The lowest BCUT2D eigenvalue weighted by Crippen LogP contribution is -2.35. The number of nitrogens with zero attached hydrogens (tertiary/aromatic N) is 2. The topological polar surface area (TPSA) is 108 Å². The average molecular weight is 529 g/mol. The normalized spacial score (nSPS) is 17.4. The number of thioether (sulfide) groups is 1. The van der Waals surface area contributed by atoms with Gasteiger partial charge in [-0.05, 0) is 42.5 Å². The summed E-state index contributed by atoms with van der Waals surface area (Å²) in [6.07, 6.45) is -1.18. The van der Waals surface area contributed by atoms with Crippen LogP contribution in [0, 0.1) is 5.82 Å². The molecule has 2 N–H and O–H groups in total. The van der Waals surface area contributed by atoms with Crippen molar-refractivity contribution in [2.75, 3.05) is 52.8 Å². The van der Waals surface area contributed by atoms with Crippen molar-refractivity contribution >= 4 is 52.5 Å². The molecular formula is C26H29FN4O5S. The zero-order valence-corrected chi connectivity index (χ0v) is 21.3. The SMILES string of the molecule is CC(=O)Nc1ccc(C(=O)CCC(=O)NC[C@H]2CN(c3ccc(N4CCSCC4)c(F)c3)C(=O)O2)cc1. The van der Waals surface area contributed by atoms with E-state index >= 15 is 0 Å². The van der Waals surface area contributed by atoms with Gasteiger partial charge in [-0.2, -0.15) is 11.8 Å². The van der Waals surface area contributed by atoms with E-state index in [9.17, 15) is 23.6 Å². The van der Waals surface area contributed by atoms with Crippen LogP contribution in [0.5, 0.6) is 0 Å². The lowest BCUT2D eigenvalue weighted by Gasteiger charge is -2.29. The van der Waals surface area contributed by atoms with Crippen molar-refractivity contribution in [3.8, 4) is 0 Å². The quantitative estimate of drug-likeness (QED) is 0.480. The number of halogens is 1. The van der Waals surface area contributed by atoms with Crippen LogP contribution in [0.15, 0.2) is 42.5 Å². The summed E-state index contributed by atoms with van der Waals surface area (Å²) in [5.74, 6) is 0.777. The van der Waals surface area contributed by atoms with Gasteiger partial charge in [-0.25, -0.2) is 9.18 Å². The number of hydrogen-bond acceptors (Lipinski definition) is 7. The molecule has 37 heavy (non-hydrogen) atoms. The highest BCUT2D eigenvalue weighted by atomic mass is 32.2. The average Bonchev–Trinajstić information content (AvgIpc) is 3.27. The van der Waals surface area contributed by atoms with Crippen LogP contribution in [-0.2, 0) is 14.3 Å². The minimum absolute atomic E-state index is 0.0155. The van der Waals surface area contributed by atoms with Crippen LogP contribution >= 0.6 is 11.8 Å². The van der Waals surface area contributed by atoms with Gasteiger partial charge in [0.1, 0.15) is 11.9 Å². The minimum atomic E-state index is -0.598. The van der Waals surface area contributed by atoms with E-state index in [2.05, 4.69) is 10.6 Å². The van der Waals surface area contributed by atoms with Gasteiger partial charge >= 0.3 is 6.09 Å². The van der Waals surface area contributed by atoms with E-state index in [0.717, 1.165) is 24.6 Å². The minimum Gasteiger partial charge on any atom is -0.442 e. The lowest BCUT2D eigenvalue weighted by molar-refractivity contribution is -0.121. The monoisotopic (exact) mass is 528 g/mol. The van der Waals surface area contributed by atoms with Crippen LogP contribution in [0.3, 0.4) is 0 Å². The van der Waals surface area contributed by atoms with Crippen LogP contribution in [0.2, 0.25) is 0 Å². The van der Waals surface area contributed by atoms with Gasteiger partial charge in [-0.1, -0.05) is 0 Å². The summed E-state index contributed by atoms with van der Waals surface area (Å²) < 4.78 is 20.1. The van der Waals surface area contributed by atoms with E-state index in [1.165, 1.54) is 17.9 Å². The van der Waals surface area contributed by atoms with Gasteiger partial charge in [-0.3, -0.25) is 19.3 Å². The molecule has 2 aliphatic rings. The fourth-order valence-electron chi connectivity index (χ4n) is 4.19. The first-order valence-corrected chi connectivity index (χ1v) is 13.2. The third-order valence-electron chi connectivity index (χ3n) is 6.10. The number of nitrogens with one attached hydrogen (secondary N) is 2. The molecule has 9 nitrogen and oxygen atoms in total. The Bertz CT molecular complexity index is 1170. The summed E-state index contributed by atoms with van der Waals surface area (Å²) in [5, 5.41) is 5.32. The van der Waals surface area contributed by atoms with Gasteiger partial charge in [0.25, 0.3) is 0 Å². The number of ketones is 1. The highest BCUT2D eigenvalue weighted by Gasteiger charge is 2.33. The zero-order valence-electron chi connectivity index (χ0n) is 20.5. The van der Waals surface area contributed by atoms with E-state index in [-0.39, 0.29) is 49.3 Å². The second kappa shape index (κ2) is 12.1. The largest absolute Gasteiger partial charge is 0.442 e. The van der Waals surface area contributed by atoms with Gasteiger partial charge in [0, 0.05) is 55.6 Å². The molecule has 196 valence electrons. The van der Waals surface area contributed by atoms with Crippen molar-refractivity contribution in [2.45, 2.75) is 25.9 Å². The fourth-order valence-corrected chi connectivity index (χ4v) is 5.10. The molecule has 2 aromatic rings. The Morgan fingerprint density at radius 2 is 1.81 bits per heavy atom. The van der Waals surface area contributed by atoms with Crippen molar-refractivity contribution in [3.63, 3.8) is 0 Å². The molecule has 0 bridgehead atoms. The number of rotatable bonds is 9. The van der Waals surface area contributed by atoms with E-state index in [1.807, 2.05) is 16.7 Å². The Hall–Kier alpha value is -3.60. The summed E-state index contributed by atoms with van der Waals surface area (Å²) in [6.45, 7) is 3.23. The van der Waals surface area contributed by atoms with Crippen molar-refractivity contribution in [3.05, 3.63) is 53.8 Å². The number of amides is 3. The van der Waals surface area contributed by atoms with E-state index < -0.39 is 12.2 Å². The summed E-state index contributed by atoms with van der Waals surface area (Å²) in [5.41, 5.74) is 1.96. The number of benzene rings is 2. The smallest absolute Gasteiger partial charge is 0.414 e. The first kappa shape index (κ1) is 26.5. The van der Waals surface area contributed by atoms with Gasteiger partial charge in [0.15, 0.2) is 5.78 Å². The van der Waals surface area contributed by atoms with Crippen LogP contribution in [-0.4, -0.2) is 67.5 Å². The Morgan fingerprint density at radius 3 is 2.49 bits per heavy atom. The molecule has 4 rings (SSSR count). The molecule has 1 atom stereocenters. The third kappa shape index (κ3) is 7.00. The number of hydrogen-bond donors (Lipinski definition) is 2. The van der Waals surface area contributed by atoms with Crippen molar-refractivity contribution < 1.29 is 28.3 Å². The molecule has 3 amide bonds. The van der Waals surface area contributed by atoms with Crippen LogP contribution in [0.25, 0.3) is 0 Å². The standard InChI is InChI=1S/C26H29FN4O5S/c1-17(32)29-19-4-2-18(3-5-19)24(33)8-9-25(34)28-15-21-16-31(26(35)36-21)20-6-7-23(22(27)14-20)30-10-12-37-13-11-30/h2-7,14,21H,8-13,15-16H2,1H3,(H,28,34)(H,29,32)/t21-/m0/s1. The van der Waals surface area contributed by atoms with Crippen LogP contribution in [0.1, 0.15) is 30.1 Å². The lowest BCUT2D eigenvalue weighted by atomic mass is 10.1. The second-order valence-electron chi connectivity index (χ2n) is 8.84. The Kier molecular flexibility index (Phi) is 8.65. The van der Waals surface area contributed by atoms with Gasteiger partial charge < -0.3 is 20.3 Å². The molecule has 0 unspecified atom stereocenters. The number of cyclic esters (lactones) is 1. The number of ether oxygens (including phenoxy) is 1. The highest BCUT2D eigenvalue weighted by molar-refractivity contribution is 7.99. The van der Waals surface area contributed by atoms with Crippen molar-refractivity contribution in [1.29, 1.82) is 0 Å². The molecule has 0 radical (unpaired) electrons. The van der Waals surface area contributed by atoms with E-state index in [0.29, 0.717) is 22.6 Å². The zero-order chi connectivity index (χ0) is 26.4. The van der Waals surface area contributed by atoms with Crippen molar-refractivity contribution in [2.24, 2.45) is 0 Å². The molecule has 11 heteroatoms. The predicted octanol–water partition coefficient (Wildman–Crippen LogP) is 3.44. The maximum atomic E-state index is 14.8. The molecule has 0 saturated carbocycles. The maximum Gasteiger partial charge on any atom is 0.414 e. The molecule has 2 heterocycles. The van der Waals surface area contributed by atoms with E-state index in [1.54, 1.807) is 36.4 Å².